The summed E-state index contributed by atoms with van der Waals surface area (Å²) in [6, 6.07) is 20.4. The van der Waals surface area contributed by atoms with Crippen LogP contribution in [0.5, 0.6) is 0 Å². The second kappa shape index (κ2) is 9.18. The molecule has 2 aliphatic heterocycles. The highest BCUT2D eigenvalue weighted by Crippen LogP contribution is 2.42. The molecule has 2 saturated heterocycles. The highest BCUT2D eigenvalue weighted by Gasteiger charge is 2.42. The topological polar surface area (TPSA) is 50.2 Å². The first-order chi connectivity index (χ1) is 16.7. The van der Waals surface area contributed by atoms with Crippen molar-refractivity contribution in [3.8, 4) is 0 Å². The lowest BCUT2D eigenvalue weighted by molar-refractivity contribution is -0.128. The number of fused-ring (bicyclic) bond motifs is 3. The lowest BCUT2D eigenvalue weighted by Gasteiger charge is -2.39. The summed E-state index contributed by atoms with van der Waals surface area (Å²) in [6.07, 6.45) is 7.97. The Morgan fingerprint density at radius 1 is 1.09 bits per heavy atom. The normalized spacial score (nSPS) is 27.4. The minimum Gasteiger partial charge on any atom is -0.349 e. The van der Waals surface area contributed by atoms with Crippen molar-refractivity contribution in [2.24, 2.45) is 11.8 Å². The highest BCUT2D eigenvalue weighted by atomic mass is 16.2. The van der Waals surface area contributed by atoms with E-state index in [4.69, 9.17) is 4.98 Å². The van der Waals surface area contributed by atoms with Gasteiger partial charge in [0.2, 0.25) is 5.91 Å². The Morgan fingerprint density at radius 2 is 1.88 bits per heavy atom. The van der Waals surface area contributed by atoms with Crippen molar-refractivity contribution >= 4 is 16.9 Å². The first-order valence-corrected chi connectivity index (χ1v) is 13.2. The van der Waals surface area contributed by atoms with E-state index in [-0.39, 0.29) is 17.9 Å². The number of imidazole rings is 1. The van der Waals surface area contributed by atoms with Gasteiger partial charge >= 0.3 is 0 Å². The number of para-hydroxylation sites is 2. The fraction of sp³-hybridized carbons (Fsp3) is 0.517. The maximum atomic E-state index is 12.8. The molecule has 3 heterocycles. The molecular formula is C29H36N4O. The predicted octanol–water partition coefficient (Wildman–Crippen LogP) is 5.42. The van der Waals surface area contributed by atoms with Gasteiger partial charge in [-0.3, -0.25) is 9.69 Å². The number of carbonyl (C=O) groups excluding carboxylic acids is 1. The molecule has 1 aliphatic carbocycles. The number of aromatic nitrogens is 2. The molecule has 3 aliphatic rings. The molecule has 1 amide bonds. The van der Waals surface area contributed by atoms with Gasteiger partial charge in [-0.2, -0.15) is 0 Å². The summed E-state index contributed by atoms with van der Waals surface area (Å²) in [5, 5.41) is 3.41. The molecule has 6 rings (SSSR count). The summed E-state index contributed by atoms with van der Waals surface area (Å²) in [6.45, 7) is 4.45. The first kappa shape index (κ1) is 21.8. The third kappa shape index (κ3) is 4.04. The molecule has 2 aromatic carbocycles. The van der Waals surface area contributed by atoms with Gasteiger partial charge in [-0.1, -0.05) is 48.9 Å². The second-order valence-corrected chi connectivity index (χ2v) is 10.7. The lowest BCUT2D eigenvalue weighted by Crippen LogP contribution is -2.43. The Hall–Kier alpha value is -2.66. The monoisotopic (exact) mass is 456 g/mol. The minimum atomic E-state index is 0.118. The van der Waals surface area contributed by atoms with Gasteiger partial charge in [-0.15, -0.1) is 0 Å². The number of benzene rings is 2. The Bertz CT molecular complexity index is 1140. The van der Waals surface area contributed by atoms with Gasteiger partial charge in [0.1, 0.15) is 5.82 Å². The van der Waals surface area contributed by atoms with Crippen LogP contribution >= 0.6 is 0 Å². The average molecular weight is 457 g/mol. The number of aryl methyl sites for hydroxylation is 1. The number of nitrogens with one attached hydrogen (secondary N) is 1. The lowest BCUT2D eigenvalue weighted by atomic mass is 9.83. The van der Waals surface area contributed by atoms with Crippen LogP contribution in [0.3, 0.4) is 0 Å². The third-order valence-electron chi connectivity index (χ3n) is 8.70. The molecule has 0 spiro atoms. The van der Waals surface area contributed by atoms with Crippen LogP contribution in [0, 0.1) is 18.8 Å². The summed E-state index contributed by atoms with van der Waals surface area (Å²) >= 11 is 0. The molecule has 1 N–H and O–H groups in total. The summed E-state index contributed by atoms with van der Waals surface area (Å²) in [5.74, 6) is 2.34. The molecular weight excluding hydrogens is 420 g/mol. The number of hydrogen-bond donors (Lipinski definition) is 1. The standard InChI is InChI=1S/C29H36N4O/c1-20-30-26-12-5-6-13-28(26)33(20)24-18-23-16-17-32(19-24)27(23)15-14-25(21-8-3-2-4-9-21)31-29(34)22-10-7-11-22/h2-6,8-9,12-13,22-25,27H,7,10-11,14-19H2,1H3,(H,31,34)/t23?,24?,25-,27?/m0/s1. The number of hydrogen-bond acceptors (Lipinski definition) is 3. The molecule has 2 bridgehead atoms. The van der Waals surface area contributed by atoms with E-state index in [1.54, 1.807) is 0 Å². The van der Waals surface area contributed by atoms with Crippen molar-refractivity contribution in [3.05, 3.63) is 66.0 Å². The molecule has 4 unspecified atom stereocenters. The Balaban J connectivity index is 1.15. The van der Waals surface area contributed by atoms with E-state index < -0.39 is 0 Å². The maximum absolute atomic E-state index is 12.8. The van der Waals surface area contributed by atoms with Gasteiger partial charge in [0.15, 0.2) is 0 Å². The van der Waals surface area contributed by atoms with E-state index in [1.165, 1.54) is 36.9 Å². The average Bonchev–Trinajstić information content (AvgIpc) is 3.26. The molecule has 3 aromatic rings. The SMILES string of the molecule is Cc1nc2ccccc2n1C1CC2CCN(C1)C2CC[C@H](NC(=O)C1CCC1)c1ccccc1. The van der Waals surface area contributed by atoms with Gasteiger partial charge < -0.3 is 9.88 Å². The molecule has 1 saturated carbocycles. The van der Waals surface area contributed by atoms with Crippen LogP contribution in [0.15, 0.2) is 54.6 Å². The van der Waals surface area contributed by atoms with Crippen molar-refractivity contribution < 1.29 is 4.79 Å². The van der Waals surface area contributed by atoms with Crippen LogP contribution in [-0.4, -0.2) is 39.5 Å². The minimum absolute atomic E-state index is 0.118. The molecule has 1 aromatic heterocycles. The number of rotatable bonds is 7. The first-order valence-electron chi connectivity index (χ1n) is 13.2. The smallest absolute Gasteiger partial charge is 0.223 e. The van der Waals surface area contributed by atoms with Gasteiger partial charge in [0.25, 0.3) is 0 Å². The number of carbonyl (C=O) groups is 1. The summed E-state index contributed by atoms with van der Waals surface area (Å²) in [7, 11) is 0. The predicted molar refractivity (Wildman–Crippen MR) is 135 cm³/mol. The van der Waals surface area contributed by atoms with Gasteiger partial charge in [-0.25, -0.2) is 4.98 Å². The van der Waals surface area contributed by atoms with Crippen LogP contribution in [0.2, 0.25) is 0 Å². The molecule has 5 nitrogen and oxygen atoms in total. The Labute approximate surface area is 202 Å². The molecule has 34 heavy (non-hydrogen) atoms. The number of amides is 1. The highest BCUT2D eigenvalue weighted by molar-refractivity contribution is 5.79. The number of nitrogens with zero attached hydrogens (tertiary/aromatic N) is 3. The molecule has 0 radical (unpaired) electrons. The van der Waals surface area contributed by atoms with Crippen molar-refractivity contribution in [2.75, 3.05) is 13.1 Å². The van der Waals surface area contributed by atoms with Gasteiger partial charge in [-0.05, 0) is 75.6 Å². The zero-order valence-corrected chi connectivity index (χ0v) is 20.2. The van der Waals surface area contributed by atoms with Crippen molar-refractivity contribution in [3.63, 3.8) is 0 Å². The summed E-state index contributed by atoms with van der Waals surface area (Å²) in [4.78, 5) is 20.3. The van der Waals surface area contributed by atoms with E-state index in [2.05, 4.69) is 76.3 Å². The van der Waals surface area contributed by atoms with E-state index in [9.17, 15) is 4.79 Å². The third-order valence-corrected chi connectivity index (χ3v) is 8.70. The van der Waals surface area contributed by atoms with E-state index in [1.807, 2.05) is 0 Å². The molecule has 5 atom stereocenters. The van der Waals surface area contributed by atoms with Gasteiger partial charge in [0.05, 0.1) is 17.1 Å². The Morgan fingerprint density at radius 3 is 2.65 bits per heavy atom. The zero-order valence-electron chi connectivity index (χ0n) is 20.2. The fourth-order valence-corrected chi connectivity index (χ4v) is 6.72. The molecule has 178 valence electrons. The summed E-state index contributed by atoms with van der Waals surface area (Å²) < 4.78 is 2.49. The van der Waals surface area contributed by atoms with Crippen molar-refractivity contribution in [1.29, 1.82) is 0 Å². The maximum Gasteiger partial charge on any atom is 0.223 e. The van der Waals surface area contributed by atoms with Gasteiger partial charge in [0, 0.05) is 24.5 Å². The zero-order chi connectivity index (χ0) is 23.1. The Kier molecular flexibility index (Phi) is 5.90. The summed E-state index contributed by atoms with van der Waals surface area (Å²) in [5.41, 5.74) is 3.62. The fourth-order valence-electron chi connectivity index (χ4n) is 6.72. The van der Waals surface area contributed by atoms with Crippen LogP contribution in [0.4, 0.5) is 0 Å². The largest absolute Gasteiger partial charge is 0.349 e. The van der Waals surface area contributed by atoms with E-state index in [0.717, 1.165) is 49.5 Å². The van der Waals surface area contributed by atoms with Crippen molar-refractivity contribution in [2.45, 2.75) is 70.0 Å². The van der Waals surface area contributed by atoms with Crippen LogP contribution < -0.4 is 5.32 Å². The van der Waals surface area contributed by atoms with Crippen molar-refractivity contribution in [1.82, 2.24) is 19.8 Å². The van der Waals surface area contributed by atoms with Crippen LogP contribution in [0.25, 0.3) is 11.0 Å². The molecule has 3 fully saturated rings. The van der Waals surface area contributed by atoms with Crippen LogP contribution in [0.1, 0.15) is 68.4 Å². The second-order valence-electron chi connectivity index (χ2n) is 10.7. The van der Waals surface area contributed by atoms with Crippen LogP contribution in [-0.2, 0) is 4.79 Å². The number of piperidine rings is 1. The molecule has 5 heteroatoms. The van der Waals surface area contributed by atoms with E-state index >= 15 is 0 Å². The van der Waals surface area contributed by atoms with E-state index in [0.29, 0.717) is 12.1 Å². The quantitative estimate of drug-likeness (QED) is 0.517.